The second-order valence-electron chi connectivity index (χ2n) is 5.53. The molecule has 1 unspecified atom stereocenters. The summed E-state index contributed by atoms with van der Waals surface area (Å²) in [7, 11) is 0. The highest BCUT2D eigenvalue weighted by molar-refractivity contribution is 8.15. The number of hydrogen-bond acceptors (Lipinski definition) is 4. The van der Waals surface area contributed by atoms with E-state index in [1.165, 1.54) is 5.56 Å². The SMILES string of the molecule is CC1(C)CC2(CCO1)NN=C(c1ccccc1)S2. The van der Waals surface area contributed by atoms with Crippen LogP contribution in [0.4, 0.5) is 0 Å². The highest BCUT2D eigenvalue weighted by Gasteiger charge is 2.45. The Bertz CT molecular complexity index is 472. The van der Waals surface area contributed by atoms with Gasteiger partial charge in [-0.1, -0.05) is 42.1 Å². The fraction of sp³-hybridized carbons (Fsp3) is 0.500. The van der Waals surface area contributed by atoms with Gasteiger partial charge in [0, 0.05) is 18.4 Å². The molecular weight excluding hydrogens is 244 g/mol. The molecule has 0 aliphatic carbocycles. The highest BCUT2D eigenvalue weighted by atomic mass is 32.2. The third-order valence-electron chi connectivity index (χ3n) is 3.38. The van der Waals surface area contributed by atoms with E-state index in [2.05, 4.69) is 48.6 Å². The molecule has 0 bridgehead atoms. The molecule has 1 atom stereocenters. The van der Waals surface area contributed by atoms with Crippen molar-refractivity contribution in [1.29, 1.82) is 0 Å². The monoisotopic (exact) mass is 262 g/mol. The summed E-state index contributed by atoms with van der Waals surface area (Å²) in [6.07, 6.45) is 1.98. The van der Waals surface area contributed by atoms with Gasteiger partial charge in [0.25, 0.3) is 0 Å². The molecule has 1 aromatic carbocycles. The summed E-state index contributed by atoms with van der Waals surface area (Å²) < 4.78 is 5.79. The minimum atomic E-state index is -0.0695. The van der Waals surface area contributed by atoms with Crippen LogP contribution in [0.1, 0.15) is 32.3 Å². The second kappa shape index (κ2) is 4.28. The fourth-order valence-corrected chi connectivity index (χ4v) is 4.00. The molecule has 3 rings (SSSR count). The van der Waals surface area contributed by atoms with E-state index in [-0.39, 0.29) is 10.5 Å². The van der Waals surface area contributed by atoms with Gasteiger partial charge in [-0.05, 0) is 13.8 Å². The van der Waals surface area contributed by atoms with Crippen LogP contribution in [0.3, 0.4) is 0 Å². The molecule has 1 fully saturated rings. The van der Waals surface area contributed by atoms with E-state index in [9.17, 15) is 0 Å². The topological polar surface area (TPSA) is 33.6 Å². The van der Waals surface area contributed by atoms with Crippen LogP contribution in [0, 0.1) is 0 Å². The number of hydrazone groups is 1. The van der Waals surface area contributed by atoms with Crippen LogP contribution in [0.25, 0.3) is 0 Å². The lowest BCUT2D eigenvalue weighted by Gasteiger charge is -2.41. The first kappa shape index (κ1) is 12.1. The van der Waals surface area contributed by atoms with Crippen molar-refractivity contribution >= 4 is 16.8 Å². The van der Waals surface area contributed by atoms with Crippen molar-refractivity contribution in [2.45, 2.75) is 37.2 Å². The van der Waals surface area contributed by atoms with E-state index in [4.69, 9.17) is 4.74 Å². The van der Waals surface area contributed by atoms with Crippen molar-refractivity contribution in [3.63, 3.8) is 0 Å². The second-order valence-corrected chi connectivity index (χ2v) is 6.90. The Balaban J connectivity index is 1.78. The maximum atomic E-state index is 5.79. The Morgan fingerprint density at radius 3 is 2.78 bits per heavy atom. The zero-order valence-electron chi connectivity index (χ0n) is 10.8. The van der Waals surface area contributed by atoms with Gasteiger partial charge in [-0.15, -0.1) is 0 Å². The molecule has 18 heavy (non-hydrogen) atoms. The summed E-state index contributed by atoms with van der Waals surface area (Å²) in [6, 6.07) is 10.4. The molecule has 2 aliphatic rings. The van der Waals surface area contributed by atoms with Crippen molar-refractivity contribution in [1.82, 2.24) is 5.43 Å². The molecule has 3 nitrogen and oxygen atoms in total. The maximum absolute atomic E-state index is 5.79. The lowest BCUT2D eigenvalue weighted by atomic mass is 9.94. The summed E-state index contributed by atoms with van der Waals surface area (Å²) in [5.74, 6) is 0. The van der Waals surface area contributed by atoms with Gasteiger partial charge in [-0.25, -0.2) is 0 Å². The summed E-state index contributed by atoms with van der Waals surface area (Å²) in [6.45, 7) is 5.10. The largest absolute Gasteiger partial charge is 0.375 e. The zero-order valence-corrected chi connectivity index (χ0v) is 11.6. The number of nitrogens with one attached hydrogen (secondary N) is 1. The van der Waals surface area contributed by atoms with Gasteiger partial charge >= 0.3 is 0 Å². The van der Waals surface area contributed by atoms with Crippen molar-refractivity contribution in [3.8, 4) is 0 Å². The third kappa shape index (κ3) is 2.27. The minimum absolute atomic E-state index is 0.0208. The molecule has 0 amide bonds. The minimum Gasteiger partial charge on any atom is -0.375 e. The predicted molar refractivity (Wildman–Crippen MR) is 75.7 cm³/mol. The first-order valence-corrected chi connectivity index (χ1v) is 7.14. The Hall–Kier alpha value is -1.00. The van der Waals surface area contributed by atoms with Gasteiger partial charge < -0.3 is 4.74 Å². The van der Waals surface area contributed by atoms with E-state index in [1.54, 1.807) is 0 Å². The van der Waals surface area contributed by atoms with Crippen molar-refractivity contribution in [2.24, 2.45) is 5.10 Å². The predicted octanol–water partition coefficient (Wildman–Crippen LogP) is 2.97. The molecule has 96 valence electrons. The molecule has 1 aromatic rings. The summed E-state index contributed by atoms with van der Waals surface area (Å²) in [4.78, 5) is 0.0208. The number of thioether (sulfide) groups is 1. The molecule has 2 aliphatic heterocycles. The van der Waals surface area contributed by atoms with Crippen LogP contribution in [0.2, 0.25) is 0 Å². The normalized spacial score (nSPS) is 30.0. The number of ether oxygens (including phenoxy) is 1. The number of benzene rings is 1. The van der Waals surface area contributed by atoms with Crippen LogP contribution < -0.4 is 5.43 Å². The maximum Gasteiger partial charge on any atom is 0.126 e. The standard InChI is InChI=1S/C14H18N2OS/c1-13(2)10-14(8-9-17-13)16-15-12(18-14)11-6-4-3-5-7-11/h3-7,16H,8-10H2,1-2H3. The van der Waals surface area contributed by atoms with E-state index in [0.29, 0.717) is 0 Å². The van der Waals surface area contributed by atoms with Gasteiger partial charge in [0.1, 0.15) is 9.91 Å². The summed E-state index contributed by atoms with van der Waals surface area (Å²) in [5.41, 5.74) is 4.47. The van der Waals surface area contributed by atoms with Gasteiger partial charge in [0.05, 0.1) is 12.2 Å². The van der Waals surface area contributed by atoms with E-state index >= 15 is 0 Å². The van der Waals surface area contributed by atoms with Crippen molar-refractivity contribution < 1.29 is 4.74 Å². The Morgan fingerprint density at radius 2 is 2.06 bits per heavy atom. The van der Waals surface area contributed by atoms with Gasteiger partial charge in [0.15, 0.2) is 0 Å². The number of hydrogen-bond donors (Lipinski definition) is 1. The van der Waals surface area contributed by atoms with E-state index < -0.39 is 0 Å². The lowest BCUT2D eigenvalue weighted by molar-refractivity contribution is -0.0683. The Morgan fingerprint density at radius 1 is 1.28 bits per heavy atom. The summed E-state index contributed by atoms with van der Waals surface area (Å²) in [5, 5.41) is 5.61. The van der Waals surface area contributed by atoms with Crippen LogP contribution in [-0.4, -0.2) is 22.1 Å². The van der Waals surface area contributed by atoms with Crippen molar-refractivity contribution in [2.75, 3.05) is 6.61 Å². The molecule has 2 heterocycles. The molecule has 4 heteroatoms. The van der Waals surface area contributed by atoms with Crippen molar-refractivity contribution in [3.05, 3.63) is 35.9 Å². The van der Waals surface area contributed by atoms with Crippen LogP contribution >= 0.6 is 11.8 Å². The van der Waals surface area contributed by atoms with Crippen LogP contribution in [-0.2, 0) is 4.74 Å². The average molecular weight is 262 g/mol. The first-order valence-electron chi connectivity index (χ1n) is 6.32. The molecule has 0 saturated carbocycles. The number of nitrogens with zero attached hydrogens (tertiary/aromatic N) is 1. The zero-order chi connectivity index (χ0) is 12.6. The Kier molecular flexibility index (Phi) is 2.87. The molecule has 1 saturated heterocycles. The average Bonchev–Trinajstić information content (AvgIpc) is 2.72. The smallest absolute Gasteiger partial charge is 0.126 e. The van der Waals surface area contributed by atoms with Gasteiger partial charge in [-0.2, -0.15) is 5.10 Å². The van der Waals surface area contributed by atoms with E-state index in [0.717, 1.165) is 24.5 Å². The molecule has 1 N–H and O–H groups in total. The van der Waals surface area contributed by atoms with Gasteiger partial charge in [0.2, 0.25) is 0 Å². The third-order valence-corrected chi connectivity index (χ3v) is 4.73. The number of rotatable bonds is 1. The Labute approximate surface area is 112 Å². The first-order chi connectivity index (χ1) is 8.59. The quantitative estimate of drug-likeness (QED) is 0.844. The molecular formula is C14H18N2OS. The molecule has 1 spiro atoms. The lowest BCUT2D eigenvalue weighted by Crippen LogP contribution is -2.49. The summed E-state index contributed by atoms with van der Waals surface area (Å²) >= 11 is 1.85. The van der Waals surface area contributed by atoms with Crippen LogP contribution in [0.5, 0.6) is 0 Å². The molecule has 0 radical (unpaired) electrons. The fourth-order valence-electron chi connectivity index (χ4n) is 2.59. The van der Waals surface area contributed by atoms with Gasteiger partial charge in [-0.3, -0.25) is 5.43 Å². The highest BCUT2D eigenvalue weighted by Crippen LogP contribution is 2.44. The van der Waals surface area contributed by atoms with E-state index in [1.807, 2.05) is 17.8 Å². The van der Waals surface area contributed by atoms with Crippen LogP contribution in [0.15, 0.2) is 35.4 Å². The molecule has 0 aromatic heterocycles.